The first-order chi connectivity index (χ1) is 14.1. The van der Waals surface area contributed by atoms with Gasteiger partial charge in [-0.15, -0.1) is 0 Å². The van der Waals surface area contributed by atoms with Gasteiger partial charge in [0.05, 0.1) is 13.5 Å². The van der Waals surface area contributed by atoms with Gasteiger partial charge in [0.25, 0.3) is 0 Å². The minimum absolute atomic E-state index is 0.109. The highest BCUT2D eigenvalue weighted by Crippen LogP contribution is 2.19. The number of amides is 2. The van der Waals surface area contributed by atoms with Gasteiger partial charge in [-0.2, -0.15) is 0 Å². The first kappa shape index (κ1) is 23.4. The number of carbonyl (C=O) groups is 2. The zero-order valence-electron chi connectivity index (χ0n) is 18.4. The lowest BCUT2D eigenvalue weighted by atomic mass is 10.0. The Morgan fingerprint density at radius 1 is 1.10 bits per heavy atom. The van der Waals surface area contributed by atoms with Gasteiger partial charge in [-0.25, -0.2) is 4.39 Å². The molecule has 0 spiro atoms. The van der Waals surface area contributed by atoms with Gasteiger partial charge in [-0.1, -0.05) is 37.3 Å². The molecule has 0 heterocycles. The fourth-order valence-electron chi connectivity index (χ4n) is 3.21. The molecule has 1 N–H and O–H groups in total. The molecule has 162 valence electrons. The Morgan fingerprint density at radius 2 is 1.73 bits per heavy atom. The van der Waals surface area contributed by atoms with E-state index in [2.05, 4.69) is 5.32 Å². The summed E-state index contributed by atoms with van der Waals surface area (Å²) in [5.41, 5.74) is 0.748. The van der Waals surface area contributed by atoms with E-state index < -0.39 is 17.4 Å². The van der Waals surface area contributed by atoms with Crippen molar-refractivity contribution in [1.82, 2.24) is 10.2 Å². The van der Waals surface area contributed by atoms with E-state index in [9.17, 15) is 14.0 Å². The monoisotopic (exact) mass is 414 g/mol. The van der Waals surface area contributed by atoms with Gasteiger partial charge in [0.1, 0.15) is 17.6 Å². The van der Waals surface area contributed by atoms with E-state index in [1.165, 1.54) is 11.0 Å². The number of nitrogens with zero attached hydrogens (tertiary/aromatic N) is 1. The van der Waals surface area contributed by atoms with Crippen LogP contribution in [0.4, 0.5) is 4.39 Å². The third kappa shape index (κ3) is 6.58. The third-order valence-electron chi connectivity index (χ3n) is 4.70. The Morgan fingerprint density at radius 3 is 2.27 bits per heavy atom. The van der Waals surface area contributed by atoms with Crippen LogP contribution in [0.2, 0.25) is 0 Å². The van der Waals surface area contributed by atoms with Gasteiger partial charge in [-0.05, 0) is 56.5 Å². The fourth-order valence-corrected chi connectivity index (χ4v) is 3.21. The number of hydrogen-bond donors (Lipinski definition) is 1. The van der Waals surface area contributed by atoms with E-state index in [0.29, 0.717) is 17.7 Å². The van der Waals surface area contributed by atoms with Crippen LogP contribution < -0.4 is 10.1 Å². The lowest BCUT2D eigenvalue weighted by Crippen LogP contribution is -2.53. The van der Waals surface area contributed by atoms with Gasteiger partial charge < -0.3 is 15.0 Å². The maximum atomic E-state index is 14.1. The van der Waals surface area contributed by atoms with Crippen LogP contribution in [0.1, 0.15) is 45.2 Å². The van der Waals surface area contributed by atoms with Gasteiger partial charge in [0.15, 0.2) is 0 Å². The van der Waals surface area contributed by atoms with Crippen LogP contribution in [0.15, 0.2) is 48.5 Å². The van der Waals surface area contributed by atoms with E-state index in [1.54, 1.807) is 25.3 Å². The Hall–Kier alpha value is -2.89. The Labute approximate surface area is 178 Å². The van der Waals surface area contributed by atoms with E-state index in [4.69, 9.17) is 4.74 Å². The Bertz CT molecular complexity index is 859. The zero-order chi connectivity index (χ0) is 22.3. The summed E-state index contributed by atoms with van der Waals surface area (Å²) in [6.45, 7) is 7.80. The molecule has 0 fully saturated rings. The first-order valence-corrected chi connectivity index (χ1v) is 10.1. The van der Waals surface area contributed by atoms with E-state index in [-0.39, 0.29) is 24.8 Å². The summed E-state index contributed by atoms with van der Waals surface area (Å²) in [5.74, 6) is -0.241. The molecule has 5 nitrogen and oxygen atoms in total. The van der Waals surface area contributed by atoms with Crippen LogP contribution in [-0.2, 0) is 22.6 Å². The van der Waals surface area contributed by atoms with Crippen molar-refractivity contribution in [2.75, 3.05) is 7.11 Å². The lowest BCUT2D eigenvalue weighted by Gasteiger charge is -2.33. The normalized spacial score (nSPS) is 12.2. The highest BCUT2D eigenvalue weighted by molar-refractivity contribution is 5.88. The summed E-state index contributed by atoms with van der Waals surface area (Å²) in [5, 5.41) is 2.96. The summed E-state index contributed by atoms with van der Waals surface area (Å²) in [7, 11) is 1.59. The summed E-state index contributed by atoms with van der Waals surface area (Å²) < 4.78 is 19.3. The molecule has 30 heavy (non-hydrogen) atoms. The smallest absolute Gasteiger partial charge is 0.243 e. The molecule has 2 amide bonds. The number of nitrogens with one attached hydrogen (secondary N) is 1. The molecule has 6 heteroatoms. The van der Waals surface area contributed by atoms with Crippen LogP contribution in [0.25, 0.3) is 0 Å². The van der Waals surface area contributed by atoms with E-state index in [0.717, 1.165) is 5.56 Å². The molecule has 0 aliphatic heterocycles. The highest BCUT2D eigenvalue weighted by atomic mass is 19.1. The largest absolute Gasteiger partial charge is 0.497 e. The average Bonchev–Trinajstić information content (AvgIpc) is 2.68. The van der Waals surface area contributed by atoms with Crippen molar-refractivity contribution in [2.24, 2.45) is 0 Å². The first-order valence-electron chi connectivity index (χ1n) is 10.1. The topological polar surface area (TPSA) is 58.6 Å². The van der Waals surface area contributed by atoms with Crippen molar-refractivity contribution in [1.29, 1.82) is 0 Å². The Balaban J connectivity index is 2.32. The van der Waals surface area contributed by atoms with Crippen molar-refractivity contribution < 1.29 is 18.7 Å². The number of carbonyl (C=O) groups excluding carboxylic acids is 2. The highest BCUT2D eigenvalue weighted by Gasteiger charge is 2.30. The molecule has 0 saturated heterocycles. The number of halogens is 1. The van der Waals surface area contributed by atoms with Crippen LogP contribution in [0.5, 0.6) is 5.75 Å². The number of rotatable bonds is 8. The van der Waals surface area contributed by atoms with Crippen LogP contribution >= 0.6 is 0 Å². The number of hydrogen-bond acceptors (Lipinski definition) is 3. The molecule has 0 radical (unpaired) electrons. The van der Waals surface area contributed by atoms with Crippen LogP contribution in [0.3, 0.4) is 0 Å². The predicted octanol–water partition coefficient (Wildman–Crippen LogP) is 4.10. The van der Waals surface area contributed by atoms with Gasteiger partial charge >= 0.3 is 0 Å². The van der Waals surface area contributed by atoms with Crippen molar-refractivity contribution in [3.05, 3.63) is 65.5 Å². The molecular weight excluding hydrogens is 383 g/mol. The second kappa shape index (κ2) is 10.2. The maximum absolute atomic E-state index is 14.1. The molecule has 2 aromatic rings. The molecule has 2 rings (SSSR count). The van der Waals surface area contributed by atoms with Crippen molar-refractivity contribution in [2.45, 2.75) is 58.7 Å². The molecule has 1 atom stereocenters. The lowest BCUT2D eigenvalue weighted by molar-refractivity contribution is -0.141. The van der Waals surface area contributed by atoms with E-state index in [1.807, 2.05) is 52.0 Å². The number of benzene rings is 2. The fraction of sp³-hybridized carbons (Fsp3) is 0.417. The van der Waals surface area contributed by atoms with Crippen molar-refractivity contribution in [3.8, 4) is 5.75 Å². The molecule has 1 unspecified atom stereocenters. The molecular formula is C24H31FN2O3. The molecule has 0 bridgehead atoms. The van der Waals surface area contributed by atoms with Crippen LogP contribution in [0, 0.1) is 5.82 Å². The quantitative estimate of drug-likeness (QED) is 0.708. The molecule has 0 aromatic heterocycles. The molecule has 0 saturated carbocycles. The zero-order valence-corrected chi connectivity index (χ0v) is 18.4. The van der Waals surface area contributed by atoms with Gasteiger partial charge in [0.2, 0.25) is 11.8 Å². The Kier molecular flexibility index (Phi) is 7.98. The summed E-state index contributed by atoms with van der Waals surface area (Å²) in [6, 6.07) is 12.9. The standard InChI is InChI=1S/C24H31FN2O3/c1-6-21(23(29)26-24(2,3)4)27(16-17-11-13-19(30-5)14-12-17)22(28)15-18-9-7-8-10-20(18)25/h7-14,21H,6,15-16H2,1-5H3,(H,26,29). The van der Waals surface area contributed by atoms with Crippen molar-refractivity contribution in [3.63, 3.8) is 0 Å². The van der Waals surface area contributed by atoms with Gasteiger partial charge in [-0.3, -0.25) is 9.59 Å². The molecule has 0 aliphatic carbocycles. The number of ether oxygens (including phenoxy) is 1. The van der Waals surface area contributed by atoms with E-state index >= 15 is 0 Å². The third-order valence-corrected chi connectivity index (χ3v) is 4.70. The maximum Gasteiger partial charge on any atom is 0.243 e. The SMILES string of the molecule is CCC(C(=O)NC(C)(C)C)N(Cc1ccc(OC)cc1)C(=O)Cc1ccccc1F. The van der Waals surface area contributed by atoms with Gasteiger partial charge in [0, 0.05) is 12.1 Å². The summed E-state index contributed by atoms with van der Waals surface area (Å²) in [6.07, 6.45) is 0.337. The minimum Gasteiger partial charge on any atom is -0.497 e. The number of methoxy groups -OCH3 is 1. The predicted molar refractivity (Wildman–Crippen MR) is 116 cm³/mol. The second-order valence-corrected chi connectivity index (χ2v) is 8.30. The summed E-state index contributed by atoms with van der Waals surface area (Å²) in [4.78, 5) is 27.7. The second-order valence-electron chi connectivity index (χ2n) is 8.30. The summed E-state index contributed by atoms with van der Waals surface area (Å²) >= 11 is 0. The average molecular weight is 415 g/mol. The minimum atomic E-state index is -0.661. The van der Waals surface area contributed by atoms with Crippen LogP contribution in [-0.4, -0.2) is 35.4 Å². The molecule has 2 aromatic carbocycles. The molecule has 0 aliphatic rings. The van der Waals surface area contributed by atoms with Crippen molar-refractivity contribution >= 4 is 11.8 Å².